The van der Waals surface area contributed by atoms with Gasteiger partial charge in [0, 0.05) is 12.0 Å². The monoisotopic (exact) mass is 353 g/mol. The summed E-state index contributed by atoms with van der Waals surface area (Å²) < 4.78 is 21.7. The maximum absolute atomic E-state index is 11.9. The third kappa shape index (κ3) is 10.1. The molecule has 138 valence electrons. The molecule has 0 aliphatic heterocycles. The molecule has 0 aromatic carbocycles. The van der Waals surface area contributed by atoms with Crippen LogP contribution in [-0.4, -0.2) is 41.8 Å². The van der Waals surface area contributed by atoms with Crippen LogP contribution in [0.4, 0.5) is 0 Å². The summed E-state index contributed by atoms with van der Waals surface area (Å²) in [5.74, 6) is -0.518. The van der Waals surface area contributed by atoms with Gasteiger partial charge in [0.05, 0.1) is 13.2 Å². The van der Waals surface area contributed by atoms with Crippen LogP contribution in [0.25, 0.3) is 0 Å². The second kappa shape index (κ2) is 9.14. The van der Waals surface area contributed by atoms with Gasteiger partial charge >= 0.3 is 7.82 Å². The number of rotatable bonds is 10. The lowest BCUT2D eigenvalue weighted by molar-refractivity contribution is -0.137. The predicted octanol–water partition coefficient (Wildman–Crippen LogP) is 2.47. The lowest BCUT2D eigenvalue weighted by Crippen LogP contribution is -2.46. The highest BCUT2D eigenvalue weighted by Gasteiger charge is 2.37. The van der Waals surface area contributed by atoms with Crippen molar-refractivity contribution in [2.24, 2.45) is 10.8 Å². The first-order valence-electron chi connectivity index (χ1n) is 7.88. The second-order valence-corrected chi connectivity index (χ2v) is 9.07. The molecule has 0 rings (SSSR count). The average Bonchev–Trinajstić information content (AvgIpc) is 2.42. The Morgan fingerprint density at radius 2 is 1.70 bits per heavy atom. The first-order valence-corrected chi connectivity index (χ1v) is 9.38. The Balaban J connectivity index is 4.49. The van der Waals surface area contributed by atoms with Gasteiger partial charge in [-0.3, -0.25) is 13.8 Å². The van der Waals surface area contributed by atoms with Gasteiger partial charge in [0.1, 0.15) is 6.10 Å². The first-order chi connectivity index (χ1) is 10.3. The van der Waals surface area contributed by atoms with E-state index >= 15 is 0 Å². The van der Waals surface area contributed by atoms with Crippen LogP contribution in [-0.2, 0) is 18.4 Å². The van der Waals surface area contributed by atoms with Gasteiger partial charge in [-0.25, -0.2) is 4.57 Å². The lowest BCUT2D eigenvalue weighted by atomic mass is 9.87. The number of phosphoric acid groups is 1. The number of aliphatic hydroxyl groups excluding tert-OH is 1. The molecule has 0 aromatic rings. The largest absolute Gasteiger partial charge is 0.472 e. The van der Waals surface area contributed by atoms with Crippen molar-refractivity contribution in [3.05, 3.63) is 0 Å². The van der Waals surface area contributed by atoms with Crippen LogP contribution in [0.15, 0.2) is 0 Å². The van der Waals surface area contributed by atoms with E-state index in [1.54, 1.807) is 13.8 Å². The van der Waals surface area contributed by atoms with Crippen molar-refractivity contribution in [2.75, 3.05) is 19.8 Å². The topological polar surface area (TPSA) is 105 Å². The summed E-state index contributed by atoms with van der Waals surface area (Å²) in [5.41, 5.74) is -1.31. The summed E-state index contributed by atoms with van der Waals surface area (Å²) in [5, 5.41) is 12.7. The van der Waals surface area contributed by atoms with Crippen LogP contribution in [0.1, 0.15) is 54.4 Å². The molecule has 8 heteroatoms. The van der Waals surface area contributed by atoms with E-state index in [1.807, 2.05) is 27.7 Å². The van der Waals surface area contributed by atoms with Gasteiger partial charge in [0.25, 0.3) is 0 Å². The SMILES string of the molecule is CCCCNC(=O)C(O)C(C)(C)COP(=O)(O)OCC(C)(C)C. The molecule has 0 aliphatic carbocycles. The number of hydrogen-bond acceptors (Lipinski definition) is 5. The summed E-state index contributed by atoms with van der Waals surface area (Å²) >= 11 is 0. The molecule has 0 aromatic heterocycles. The molecule has 0 saturated heterocycles. The van der Waals surface area contributed by atoms with E-state index < -0.39 is 25.2 Å². The van der Waals surface area contributed by atoms with Crippen molar-refractivity contribution in [1.29, 1.82) is 0 Å². The normalized spacial score (nSPS) is 16.7. The minimum atomic E-state index is -4.22. The standard InChI is InChI=1S/C15H32NO6P/c1-7-8-9-16-13(18)12(17)15(5,6)11-22-23(19,20)21-10-14(2,3)4/h12,17H,7-11H2,1-6H3,(H,16,18)(H,19,20). The molecular weight excluding hydrogens is 321 g/mol. The molecule has 0 fully saturated rings. The van der Waals surface area contributed by atoms with E-state index in [0.29, 0.717) is 6.54 Å². The highest BCUT2D eigenvalue weighted by Crippen LogP contribution is 2.46. The van der Waals surface area contributed by atoms with Gasteiger partial charge in [-0.1, -0.05) is 48.0 Å². The highest BCUT2D eigenvalue weighted by molar-refractivity contribution is 7.47. The summed E-state index contributed by atoms with van der Waals surface area (Å²) in [4.78, 5) is 21.5. The molecule has 2 atom stereocenters. The summed E-state index contributed by atoms with van der Waals surface area (Å²) in [6, 6.07) is 0. The Morgan fingerprint density at radius 1 is 1.17 bits per heavy atom. The Bertz CT molecular complexity index is 419. The summed E-state index contributed by atoms with van der Waals surface area (Å²) in [6.07, 6.45) is 0.408. The van der Waals surface area contributed by atoms with E-state index in [2.05, 4.69) is 5.32 Å². The smallest absolute Gasteiger partial charge is 0.383 e. The average molecular weight is 353 g/mol. The van der Waals surface area contributed by atoms with E-state index in [-0.39, 0.29) is 18.6 Å². The van der Waals surface area contributed by atoms with Crippen LogP contribution in [0.5, 0.6) is 0 Å². The molecule has 1 amide bonds. The molecule has 0 aliphatic rings. The maximum Gasteiger partial charge on any atom is 0.472 e. The Labute approximate surface area is 139 Å². The van der Waals surface area contributed by atoms with Crippen molar-refractivity contribution in [3.63, 3.8) is 0 Å². The third-order valence-corrected chi connectivity index (χ3v) is 3.99. The zero-order valence-corrected chi connectivity index (χ0v) is 16.0. The van der Waals surface area contributed by atoms with Gasteiger partial charge in [-0.2, -0.15) is 0 Å². The van der Waals surface area contributed by atoms with Gasteiger partial charge in [-0.05, 0) is 11.8 Å². The minimum Gasteiger partial charge on any atom is -0.383 e. The van der Waals surface area contributed by atoms with Gasteiger partial charge in [0.2, 0.25) is 5.91 Å². The fraction of sp³-hybridized carbons (Fsp3) is 0.933. The maximum atomic E-state index is 11.9. The lowest BCUT2D eigenvalue weighted by Gasteiger charge is -2.30. The number of carbonyl (C=O) groups excluding carboxylic acids is 1. The molecule has 0 heterocycles. The fourth-order valence-electron chi connectivity index (χ4n) is 1.48. The number of nitrogens with one attached hydrogen (secondary N) is 1. The van der Waals surface area contributed by atoms with Gasteiger partial charge in [-0.15, -0.1) is 0 Å². The van der Waals surface area contributed by atoms with Crippen molar-refractivity contribution in [1.82, 2.24) is 5.32 Å². The van der Waals surface area contributed by atoms with Gasteiger partial charge < -0.3 is 15.3 Å². The predicted molar refractivity (Wildman–Crippen MR) is 88.9 cm³/mol. The molecule has 0 saturated carbocycles. The molecular formula is C15H32NO6P. The molecule has 0 spiro atoms. The van der Waals surface area contributed by atoms with Crippen LogP contribution in [0.3, 0.4) is 0 Å². The van der Waals surface area contributed by atoms with E-state index in [1.165, 1.54) is 0 Å². The van der Waals surface area contributed by atoms with E-state index in [4.69, 9.17) is 9.05 Å². The molecule has 2 unspecified atom stereocenters. The van der Waals surface area contributed by atoms with Crippen LogP contribution < -0.4 is 5.32 Å². The number of phosphoric ester groups is 1. The molecule has 0 radical (unpaired) electrons. The number of hydrogen-bond donors (Lipinski definition) is 3. The van der Waals surface area contributed by atoms with E-state index in [9.17, 15) is 19.4 Å². The van der Waals surface area contributed by atoms with Crippen LogP contribution in [0.2, 0.25) is 0 Å². The van der Waals surface area contributed by atoms with Crippen molar-refractivity contribution < 1.29 is 28.4 Å². The zero-order chi connectivity index (χ0) is 18.3. The summed E-state index contributed by atoms with van der Waals surface area (Å²) in [7, 11) is -4.22. The number of aliphatic hydroxyl groups is 1. The number of unbranched alkanes of at least 4 members (excludes halogenated alkanes) is 1. The van der Waals surface area contributed by atoms with E-state index in [0.717, 1.165) is 12.8 Å². The number of carbonyl (C=O) groups is 1. The van der Waals surface area contributed by atoms with Crippen molar-refractivity contribution in [3.8, 4) is 0 Å². The summed E-state index contributed by atoms with van der Waals surface area (Å²) in [6.45, 7) is 11.0. The molecule has 23 heavy (non-hydrogen) atoms. The highest BCUT2D eigenvalue weighted by atomic mass is 31.2. The minimum absolute atomic E-state index is 0.0568. The molecule has 3 N–H and O–H groups in total. The second-order valence-electron chi connectivity index (χ2n) is 7.61. The first kappa shape index (κ1) is 22.5. The number of amides is 1. The zero-order valence-electron chi connectivity index (χ0n) is 15.1. The molecule has 7 nitrogen and oxygen atoms in total. The van der Waals surface area contributed by atoms with Gasteiger partial charge in [0.15, 0.2) is 0 Å². The van der Waals surface area contributed by atoms with Crippen LogP contribution >= 0.6 is 7.82 Å². The Kier molecular flexibility index (Phi) is 8.95. The van der Waals surface area contributed by atoms with Crippen LogP contribution in [0, 0.1) is 10.8 Å². The molecule has 0 bridgehead atoms. The Morgan fingerprint density at radius 3 is 2.17 bits per heavy atom. The van der Waals surface area contributed by atoms with Crippen molar-refractivity contribution in [2.45, 2.75) is 60.5 Å². The third-order valence-electron chi connectivity index (χ3n) is 3.08. The fourth-order valence-corrected chi connectivity index (χ4v) is 2.60. The quantitative estimate of drug-likeness (QED) is 0.412. The Hall–Kier alpha value is -0.460. The van der Waals surface area contributed by atoms with Crippen molar-refractivity contribution >= 4 is 13.7 Å².